The van der Waals surface area contributed by atoms with Crippen molar-refractivity contribution in [2.75, 3.05) is 26.3 Å². The summed E-state index contributed by atoms with van der Waals surface area (Å²) >= 11 is 12.4. The zero-order valence-electron chi connectivity index (χ0n) is 12.0. The SMILES string of the molecule is CCC(C)(C(N)c1cc(Cl)ccc1Cl)N1CCOCC1. The van der Waals surface area contributed by atoms with Gasteiger partial charge in [-0.25, -0.2) is 0 Å². The lowest BCUT2D eigenvalue weighted by Crippen LogP contribution is -2.56. The molecule has 0 spiro atoms. The fourth-order valence-electron chi connectivity index (χ4n) is 2.80. The highest BCUT2D eigenvalue weighted by Gasteiger charge is 2.38. The Bertz CT molecular complexity index is 463. The van der Waals surface area contributed by atoms with Crippen molar-refractivity contribution in [2.24, 2.45) is 5.73 Å². The summed E-state index contributed by atoms with van der Waals surface area (Å²) in [5, 5.41) is 1.34. The van der Waals surface area contributed by atoms with Crippen molar-refractivity contribution in [2.45, 2.75) is 31.8 Å². The van der Waals surface area contributed by atoms with Gasteiger partial charge in [0.15, 0.2) is 0 Å². The predicted molar refractivity (Wildman–Crippen MR) is 84.5 cm³/mol. The number of nitrogens with zero attached hydrogens (tertiary/aromatic N) is 1. The standard InChI is InChI=1S/C15H22Cl2N2O/c1-3-15(2,19-6-8-20-9-7-19)14(18)12-10-11(16)4-5-13(12)17/h4-5,10,14H,3,6-9,18H2,1-2H3. The Labute approximate surface area is 131 Å². The Balaban J connectivity index is 2.31. The monoisotopic (exact) mass is 316 g/mol. The second-order valence-electron chi connectivity index (χ2n) is 5.45. The molecule has 1 aromatic rings. The van der Waals surface area contributed by atoms with Crippen LogP contribution in [0.1, 0.15) is 31.9 Å². The highest BCUT2D eigenvalue weighted by Crippen LogP contribution is 2.37. The van der Waals surface area contributed by atoms with Gasteiger partial charge in [-0.05, 0) is 37.1 Å². The number of benzene rings is 1. The van der Waals surface area contributed by atoms with E-state index in [4.69, 9.17) is 33.7 Å². The van der Waals surface area contributed by atoms with Crippen LogP contribution in [-0.2, 0) is 4.74 Å². The minimum absolute atomic E-state index is 0.155. The van der Waals surface area contributed by atoms with Gasteiger partial charge < -0.3 is 10.5 Å². The average Bonchev–Trinajstić information content (AvgIpc) is 2.49. The number of rotatable bonds is 4. The van der Waals surface area contributed by atoms with E-state index in [-0.39, 0.29) is 11.6 Å². The first-order chi connectivity index (χ1) is 9.49. The summed E-state index contributed by atoms with van der Waals surface area (Å²) in [6, 6.07) is 5.30. The van der Waals surface area contributed by atoms with Crippen LogP contribution in [0, 0.1) is 0 Å². The minimum atomic E-state index is -0.184. The highest BCUT2D eigenvalue weighted by molar-refractivity contribution is 6.33. The summed E-state index contributed by atoms with van der Waals surface area (Å²) in [6.45, 7) is 7.66. The molecule has 2 unspecified atom stereocenters. The zero-order chi connectivity index (χ0) is 14.8. The summed E-state index contributed by atoms with van der Waals surface area (Å²) in [5.74, 6) is 0. The van der Waals surface area contributed by atoms with Gasteiger partial charge in [-0.3, -0.25) is 4.90 Å². The molecule has 2 N–H and O–H groups in total. The Morgan fingerprint density at radius 1 is 1.35 bits per heavy atom. The molecule has 0 saturated carbocycles. The van der Waals surface area contributed by atoms with Crippen molar-refractivity contribution in [3.63, 3.8) is 0 Å². The minimum Gasteiger partial charge on any atom is -0.379 e. The molecule has 1 aromatic carbocycles. The van der Waals surface area contributed by atoms with E-state index in [0.717, 1.165) is 38.3 Å². The molecule has 2 rings (SSSR count). The third-order valence-corrected chi connectivity index (χ3v) is 4.99. The first kappa shape index (κ1) is 16.1. The fourth-order valence-corrected chi connectivity index (χ4v) is 3.22. The summed E-state index contributed by atoms with van der Waals surface area (Å²) in [6.07, 6.45) is 0.941. The number of halogens is 2. The van der Waals surface area contributed by atoms with Gasteiger partial charge in [-0.15, -0.1) is 0 Å². The van der Waals surface area contributed by atoms with E-state index in [9.17, 15) is 0 Å². The van der Waals surface area contributed by atoms with Gasteiger partial charge in [0.2, 0.25) is 0 Å². The largest absolute Gasteiger partial charge is 0.379 e. The Morgan fingerprint density at radius 3 is 2.60 bits per heavy atom. The van der Waals surface area contributed by atoms with Gasteiger partial charge in [0.05, 0.1) is 13.2 Å². The Kier molecular flexibility index (Phi) is 5.32. The average molecular weight is 317 g/mol. The van der Waals surface area contributed by atoms with Crippen LogP contribution in [-0.4, -0.2) is 36.7 Å². The molecular weight excluding hydrogens is 295 g/mol. The van der Waals surface area contributed by atoms with Crippen LogP contribution in [0.25, 0.3) is 0 Å². The second-order valence-corrected chi connectivity index (χ2v) is 6.30. The fraction of sp³-hybridized carbons (Fsp3) is 0.600. The van der Waals surface area contributed by atoms with Crippen molar-refractivity contribution in [1.29, 1.82) is 0 Å². The lowest BCUT2D eigenvalue weighted by molar-refractivity contribution is -0.0277. The van der Waals surface area contributed by atoms with Crippen LogP contribution in [0.4, 0.5) is 0 Å². The quantitative estimate of drug-likeness (QED) is 0.924. The van der Waals surface area contributed by atoms with Crippen molar-refractivity contribution in [3.05, 3.63) is 33.8 Å². The van der Waals surface area contributed by atoms with Crippen molar-refractivity contribution < 1.29 is 4.74 Å². The van der Waals surface area contributed by atoms with Crippen LogP contribution in [0.3, 0.4) is 0 Å². The highest BCUT2D eigenvalue weighted by atomic mass is 35.5. The Morgan fingerprint density at radius 2 is 2.00 bits per heavy atom. The molecule has 0 radical (unpaired) electrons. The molecule has 0 aromatic heterocycles. The maximum absolute atomic E-state index is 6.56. The number of hydrogen-bond acceptors (Lipinski definition) is 3. The summed E-state index contributed by atoms with van der Waals surface area (Å²) in [4.78, 5) is 2.40. The van der Waals surface area contributed by atoms with Gasteiger partial charge in [0.25, 0.3) is 0 Å². The third kappa shape index (κ3) is 3.12. The normalized spacial score (nSPS) is 21.4. The first-order valence-electron chi connectivity index (χ1n) is 7.02. The van der Waals surface area contributed by atoms with Crippen LogP contribution >= 0.6 is 23.2 Å². The van der Waals surface area contributed by atoms with Gasteiger partial charge >= 0.3 is 0 Å². The van der Waals surface area contributed by atoms with Gasteiger partial charge in [-0.1, -0.05) is 30.1 Å². The van der Waals surface area contributed by atoms with E-state index in [1.165, 1.54) is 0 Å². The predicted octanol–water partition coefficient (Wildman–Crippen LogP) is 3.49. The number of ether oxygens (including phenoxy) is 1. The molecule has 0 aliphatic carbocycles. The lowest BCUT2D eigenvalue weighted by atomic mass is 9.83. The molecule has 1 heterocycles. The summed E-state index contributed by atoms with van der Waals surface area (Å²) in [7, 11) is 0. The third-order valence-electron chi connectivity index (χ3n) is 4.41. The van der Waals surface area contributed by atoms with Crippen LogP contribution in [0.5, 0.6) is 0 Å². The molecule has 1 saturated heterocycles. The zero-order valence-corrected chi connectivity index (χ0v) is 13.5. The van der Waals surface area contributed by atoms with Crippen molar-refractivity contribution in [3.8, 4) is 0 Å². The molecule has 20 heavy (non-hydrogen) atoms. The van der Waals surface area contributed by atoms with E-state index < -0.39 is 0 Å². The molecule has 0 amide bonds. The number of hydrogen-bond donors (Lipinski definition) is 1. The van der Waals surface area contributed by atoms with Crippen LogP contribution in [0.2, 0.25) is 10.0 Å². The number of morpholine rings is 1. The van der Waals surface area contributed by atoms with Crippen molar-refractivity contribution in [1.82, 2.24) is 4.90 Å². The second kappa shape index (κ2) is 6.63. The van der Waals surface area contributed by atoms with Crippen LogP contribution < -0.4 is 5.73 Å². The molecule has 1 fully saturated rings. The summed E-state index contributed by atoms with van der Waals surface area (Å²) < 4.78 is 5.44. The van der Waals surface area contributed by atoms with E-state index >= 15 is 0 Å². The molecule has 1 aliphatic rings. The number of nitrogens with two attached hydrogens (primary N) is 1. The van der Waals surface area contributed by atoms with E-state index in [0.29, 0.717) is 10.0 Å². The maximum atomic E-state index is 6.56. The summed E-state index contributed by atoms with van der Waals surface area (Å²) in [5.41, 5.74) is 7.32. The molecular formula is C15H22Cl2N2O. The smallest absolute Gasteiger partial charge is 0.0594 e. The molecule has 112 valence electrons. The van der Waals surface area contributed by atoms with Crippen molar-refractivity contribution >= 4 is 23.2 Å². The van der Waals surface area contributed by atoms with E-state index in [1.807, 2.05) is 12.1 Å². The van der Waals surface area contributed by atoms with Gasteiger partial charge in [0.1, 0.15) is 0 Å². The molecule has 0 bridgehead atoms. The lowest BCUT2D eigenvalue weighted by Gasteiger charge is -2.46. The van der Waals surface area contributed by atoms with Crippen LogP contribution in [0.15, 0.2) is 18.2 Å². The first-order valence-corrected chi connectivity index (χ1v) is 7.78. The maximum Gasteiger partial charge on any atom is 0.0594 e. The van der Waals surface area contributed by atoms with Gasteiger partial charge in [-0.2, -0.15) is 0 Å². The Hall–Kier alpha value is -0.320. The van der Waals surface area contributed by atoms with E-state index in [1.54, 1.807) is 6.07 Å². The molecule has 5 heteroatoms. The topological polar surface area (TPSA) is 38.5 Å². The van der Waals surface area contributed by atoms with Gasteiger partial charge in [0, 0.05) is 34.7 Å². The molecule has 3 nitrogen and oxygen atoms in total. The molecule has 2 atom stereocenters. The van der Waals surface area contributed by atoms with E-state index in [2.05, 4.69) is 18.7 Å². The molecule has 1 aliphatic heterocycles.